The van der Waals surface area contributed by atoms with Crippen LogP contribution in [0.25, 0.3) is 0 Å². The standard InChI is InChI=1S/C15H23N3/c1-11-5-3-4-6-13(11)18(2)14-9-10-16-15(17-14)12-7-8-12/h9-13H,3-8H2,1-2H3. The van der Waals surface area contributed by atoms with Gasteiger partial charge in [-0.3, -0.25) is 0 Å². The molecule has 0 spiro atoms. The fourth-order valence-electron chi connectivity index (χ4n) is 3.14. The molecule has 0 saturated heterocycles. The van der Waals surface area contributed by atoms with Crippen molar-refractivity contribution < 1.29 is 0 Å². The smallest absolute Gasteiger partial charge is 0.133 e. The van der Waals surface area contributed by atoms with Crippen LogP contribution in [0.4, 0.5) is 5.82 Å². The van der Waals surface area contributed by atoms with Crippen molar-refractivity contribution in [3.8, 4) is 0 Å². The third-order valence-corrected chi connectivity index (χ3v) is 4.53. The summed E-state index contributed by atoms with van der Waals surface area (Å²) < 4.78 is 0. The van der Waals surface area contributed by atoms with E-state index in [2.05, 4.69) is 29.9 Å². The first-order chi connectivity index (χ1) is 8.75. The first-order valence-corrected chi connectivity index (χ1v) is 7.31. The molecule has 2 aliphatic rings. The number of hydrogen-bond acceptors (Lipinski definition) is 3. The third kappa shape index (κ3) is 2.36. The molecular formula is C15H23N3. The van der Waals surface area contributed by atoms with Gasteiger partial charge in [-0.05, 0) is 37.7 Å². The Morgan fingerprint density at radius 1 is 1.17 bits per heavy atom. The highest BCUT2D eigenvalue weighted by molar-refractivity contribution is 5.38. The Balaban J connectivity index is 1.77. The third-order valence-electron chi connectivity index (χ3n) is 4.53. The van der Waals surface area contributed by atoms with E-state index in [1.165, 1.54) is 38.5 Å². The summed E-state index contributed by atoms with van der Waals surface area (Å²) in [5.74, 6) is 3.60. The molecule has 1 aromatic heterocycles. The van der Waals surface area contributed by atoms with E-state index in [4.69, 9.17) is 4.98 Å². The largest absolute Gasteiger partial charge is 0.356 e. The van der Waals surface area contributed by atoms with Crippen LogP contribution in [0.5, 0.6) is 0 Å². The molecule has 3 rings (SSSR count). The summed E-state index contributed by atoms with van der Waals surface area (Å²) in [6, 6.07) is 2.72. The molecule has 0 bridgehead atoms. The number of aromatic nitrogens is 2. The van der Waals surface area contributed by atoms with Gasteiger partial charge in [0.15, 0.2) is 0 Å². The van der Waals surface area contributed by atoms with Gasteiger partial charge < -0.3 is 4.90 Å². The second kappa shape index (κ2) is 4.87. The summed E-state index contributed by atoms with van der Waals surface area (Å²) in [7, 11) is 2.20. The molecule has 0 N–H and O–H groups in total. The average molecular weight is 245 g/mol. The minimum Gasteiger partial charge on any atom is -0.356 e. The van der Waals surface area contributed by atoms with Crippen molar-refractivity contribution in [1.29, 1.82) is 0 Å². The van der Waals surface area contributed by atoms with E-state index in [0.717, 1.165) is 17.6 Å². The van der Waals surface area contributed by atoms with Crippen LogP contribution in [-0.4, -0.2) is 23.1 Å². The number of rotatable bonds is 3. The van der Waals surface area contributed by atoms with Gasteiger partial charge in [-0.2, -0.15) is 0 Å². The maximum atomic E-state index is 4.76. The van der Waals surface area contributed by atoms with Crippen molar-refractivity contribution in [3.05, 3.63) is 18.1 Å². The topological polar surface area (TPSA) is 29.0 Å². The van der Waals surface area contributed by atoms with Crippen molar-refractivity contribution in [1.82, 2.24) is 9.97 Å². The lowest BCUT2D eigenvalue weighted by Crippen LogP contribution is -2.39. The van der Waals surface area contributed by atoms with Crippen molar-refractivity contribution >= 4 is 5.82 Å². The normalized spacial score (nSPS) is 28.1. The molecule has 1 aromatic rings. The molecule has 3 nitrogen and oxygen atoms in total. The van der Waals surface area contributed by atoms with Crippen LogP contribution in [0.1, 0.15) is 57.2 Å². The highest BCUT2D eigenvalue weighted by atomic mass is 15.2. The Morgan fingerprint density at radius 2 is 1.94 bits per heavy atom. The first-order valence-electron chi connectivity index (χ1n) is 7.31. The molecule has 2 fully saturated rings. The molecule has 2 unspecified atom stereocenters. The van der Waals surface area contributed by atoms with Gasteiger partial charge >= 0.3 is 0 Å². The van der Waals surface area contributed by atoms with E-state index in [9.17, 15) is 0 Å². The lowest BCUT2D eigenvalue weighted by atomic mass is 9.85. The summed E-state index contributed by atoms with van der Waals surface area (Å²) in [5.41, 5.74) is 0. The van der Waals surface area contributed by atoms with E-state index in [0.29, 0.717) is 12.0 Å². The zero-order valence-corrected chi connectivity index (χ0v) is 11.5. The van der Waals surface area contributed by atoms with Crippen LogP contribution in [0, 0.1) is 5.92 Å². The van der Waals surface area contributed by atoms with Crippen molar-refractivity contribution in [2.45, 2.75) is 57.4 Å². The Bertz CT molecular complexity index is 414. The predicted octanol–water partition coefficient (Wildman–Crippen LogP) is 3.37. The van der Waals surface area contributed by atoms with Gasteiger partial charge in [-0.1, -0.05) is 19.8 Å². The molecule has 2 aliphatic carbocycles. The molecule has 2 atom stereocenters. The van der Waals surface area contributed by atoms with Gasteiger partial charge in [-0.15, -0.1) is 0 Å². The first kappa shape index (κ1) is 11.9. The number of hydrogen-bond donors (Lipinski definition) is 0. The molecule has 0 aromatic carbocycles. The summed E-state index contributed by atoms with van der Waals surface area (Å²) in [4.78, 5) is 11.6. The predicted molar refractivity (Wildman–Crippen MR) is 73.8 cm³/mol. The van der Waals surface area contributed by atoms with Crippen molar-refractivity contribution in [2.24, 2.45) is 5.92 Å². The minimum atomic E-state index is 0.641. The van der Waals surface area contributed by atoms with Gasteiger partial charge in [-0.25, -0.2) is 9.97 Å². The molecule has 0 amide bonds. The van der Waals surface area contributed by atoms with E-state index in [1.807, 2.05) is 6.20 Å². The average Bonchev–Trinajstić information content (AvgIpc) is 3.23. The van der Waals surface area contributed by atoms with Crippen molar-refractivity contribution in [3.63, 3.8) is 0 Å². The summed E-state index contributed by atoms with van der Waals surface area (Å²) >= 11 is 0. The van der Waals surface area contributed by atoms with E-state index in [-0.39, 0.29) is 0 Å². The maximum Gasteiger partial charge on any atom is 0.133 e. The monoisotopic (exact) mass is 245 g/mol. The van der Waals surface area contributed by atoms with Gasteiger partial charge in [0, 0.05) is 25.2 Å². The molecule has 2 saturated carbocycles. The lowest BCUT2D eigenvalue weighted by molar-refractivity contribution is 0.320. The molecule has 1 heterocycles. The second-order valence-electron chi connectivity index (χ2n) is 5.99. The Hall–Kier alpha value is -1.12. The molecule has 0 aliphatic heterocycles. The van der Waals surface area contributed by atoms with Crippen LogP contribution < -0.4 is 4.90 Å². The van der Waals surface area contributed by atoms with E-state index in [1.54, 1.807) is 0 Å². The van der Waals surface area contributed by atoms with Gasteiger partial charge in [0.25, 0.3) is 0 Å². The number of nitrogens with zero attached hydrogens (tertiary/aromatic N) is 3. The van der Waals surface area contributed by atoms with Crippen LogP contribution in [0.2, 0.25) is 0 Å². The van der Waals surface area contributed by atoms with E-state index >= 15 is 0 Å². The maximum absolute atomic E-state index is 4.76. The molecule has 18 heavy (non-hydrogen) atoms. The molecular weight excluding hydrogens is 222 g/mol. The highest BCUT2D eigenvalue weighted by Gasteiger charge is 2.29. The Kier molecular flexibility index (Phi) is 3.23. The van der Waals surface area contributed by atoms with Crippen LogP contribution >= 0.6 is 0 Å². The summed E-state index contributed by atoms with van der Waals surface area (Å²) in [5, 5.41) is 0. The van der Waals surface area contributed by atoms with Gasteiger partial charge in [0.1, 0.15) is 11.6 Å². The Morgan fingerprint density at radius 3 is 2.67 bits per heavy atom. The minimum absolute atomic E-state index is 0.641. The SMILES string of the molecule is CC1CCCCC1N(C)c1ccnc(C2CC2)n1. The second-order valence-corrected chi connectivity index (χ2v) is 5.99. The summed E-state index contributed by atoms with van der Waals surface area (Å²) in [6.45, 7) is 2.38. The van der Waals surface area contributed by atoms with Crippen molar-refractivity contribution in [2.75, 3.05) is 11.9 Å². The summed E-state index contributed by atoms with van der Waals surface area (Å²) in [6.07, 6.45) is 9.89. The van der Waals surface area contributed by atoms with Crippen LogP contribution in [0.15, 0.2) is 12.3 Å². The zero-order chi connectivity index (χ0) is 12.5. The van der Waals surface area contributed by atoms with Gasteiger partial charge in [0.05, 0.1) is 0 Å². The zero-order valence-electron chi connectivity index (χ0n) is 11.5. The molecule has 98 valence electrons. The van der Waals surface area contributed by atoms with E-state index < -0.39 is 0 Å². The lowest BCUT2D eigenvalue weighted by Gasteiger charge is -2.37. The van der Waals surface area contributed by atoms with Gasteiger partial charge in [0.2, 0.25) is 0 Å². The quantitative estimate of drug-likeness (QED) is 0.817. The van der Waals surface area contributed by atoms with Crippen LogP contribution in [-0.2, 0) is 0 Å². The highest BCUT2D eigenvalue weighted by Crippen LogP contribution is 2.38. The Labute approximate surface area is 110 Å². The van der Waals surface area contributed by atoms with Crippen LogP contribution in [0.3, 0.4) is 0 Å². The number of anilines is 1. The fraction of sp³-hybridized carbons (Fsp3) is 0.733. The fourth-order valence-corrected chi connectivity index (χ4v) is 3.14. The molecule has 0 radical (unpaired) electrons. The molecule has 3 heteroatoms.